The zero-order chi connectivity index (χ0) is 21.9. The third kappa shape index (κ3) is 3.92. The normalized spacial score (nSPS) is 12.0. The van der Waals surface area contributed by atoms with Gasteiger partial charge < -0.3 is 14.2 Å². The summed E-state index contributed by atoms with van der Waals surface area (Å²) >= 11 is 1.57. The summed E-state index contributed by atoms with van der Waals surface area (Å²) in [5.41, 5.74) is 3.45. The number of carbonyl (C=O) groups excluding carboxylic acids is 1. The second-order valence-corrected chi connectivity index (χ2v) is 7.96. The molecule has 160 valence electrons. The van der Waals surface area contributed by atoms with E-state index in [2.05, 4.69) is 10.2 Å². The van der Waals surface area contributed by atoms with E-state index in [1.807, 2.05) is 65.2 Å². The Hall–Kier alpha value is -3.78. The van der Waals surface area contributed by atoms with Crippen LogP contribution >= 0.6 is 11.8 Å². The quantitative estimate of drug-likeness (QED) is 0.313. The number of methoxy groups -OCH3 is 1. The number of carbonyl (C=O) groups is 1. The Morgan fingerprint density at radius 1 is 1.00 bits per heavy atom. The first-order valence-electron chi connectivity index (χ1n) is 9.94. The maximum Gasteiger partial charge on any atom is 0.337 e. The predicted molar refractivity (Wildman–Crippen MR) is 120 cm³/mol. The molecule has 8 heteroatoms. The van der Waals surface area contributed by atoms with Crippen LogP contribution in [0.5, 0.6) is 11.5 Å². The van der Waals surface area contributed by atoms with Gasteiger partial charge >= 0.3 is 5.97 Å². The van der Waals surface area contributed by atoms with E-state index in [1.165, 1.54) is 7.11 Å². The van der Waals surface area contributed by atoms with Gasteiger partial charge in [-0.1, -0.05) is 42.1 Å². The number of benzene rings is 3. The van der Waals surface area contributed by atoms with Gasteiger partial charge in [-0.2, -0.15) is 0 Å². The van der Waals surface area contributed by atoms with Crippen molar-refractivity contribution in [3.63, 3.8) is 0 Å². The molecule has 1 aliphatic heterocycles. The molecule has 7 nitrogen and oxygen atoms in total. The van der Waals surface area contributed by atoms with E-state index in [0.29, 0.717) is 17.1 Å². The molecule has 0 unspecified atom stereocenters. The lowest BCUT2D eigenvalue weighted by atomic mass is 10.1. The highest BCUT2D eigenvalue weighted by Crippen LogP contribution is 2.37. The van der Waals surface area contributed by atoms with Gasteiger partial charge in [0, 0.05) is 17.0 Å². The zero-order valence-electron chi connectivity index (χ0n) is 17.2. The fraction of sp³-hybridized carbons (Fsp3) is 0.125. The Morgan fingerprint density at radius 3 is 2.56 bits per heavy atom. The molecule has 0 N–H and O–H groups in total. The Labute approximate surface area is 189 Å². The van der Waals surface area contributed by atoms with E-state index >= 15 is 0 Å². The molecule has 3 aromatic carbocycles. The molecule has 0 saturated heterocycles. The number of aromatic nitrogens is 3. The second kappa shape index (κ2) is 8.76. The van der Waals surface area contributed by atoms with Crippen LogP contribution in [0.2, 0.25) is 0 Å². The SMILES string of the molecule is COC(=O)c1ccc(CSc2nnc(-c3ccc4c(c3)OCO4)n2-c2ccccc2)cc1. The molecule has 0 fully saturated rings. The molecule has 5 rings (SSSR count). The highest BCUT2D eigenvalue weighted by atomic mass is 32.2. The number of nitrogens with zero attached hydrogens (tertiary/aromatic N) is 3. The average molecular weight is 446 g/mol. The van der Waals surface area contributed by atoms with Crippen LogP contribution in [0.1, 0.15) is 15.9 Å². The van der Waals surface area contributed by atoms with Gasteiger partial charge in [0.05, 0.1) is 12.7 Å². The number of esters is 1. The van der Waals surface area contributed by atoms with Crippen molar-refractivity contribution in [2.24, 2.45) is 0 Å². The summed E-state index contributed by atoms with van der Waals surface area (Å²) in [6, 6.07) is 23.1. The molecule has 0 radical (unpaired) electrons. The lowest BCUT2D eigenvalue weighted by Crippen LogP contribution is -2.01. The van der Waals surface area contributed by atoms with E-state index in [-0.39, 0.29) is 12.8 Å². The van der Waals surface area contributed by atoms with Crippen LogP contribution in [0, 0.1) is 0 Å². The highest BCUT2D eigenvalue weighted by Gasteiger charge is 2.20. The first-order chi connectivity index (χ1) is 15.7. The number of thioether (sulfide) groups is 1. The number of ether oxygens (including phenoxy) is 3. The molecule has 0 aliphatic carbocycles. The number of hydrogen-bond donors (Lipinski definition) is 0. The van der Waals surface area contributed by atoms with E-state index in [4.69, 9.17) is 14.2 Å². The van der Waals surface area contributed by atoms with Crippen molar-refractivity contribution in [1.82, 2.24) is 14.8 Å². The Bertz CT molecular complexity index is 1260. The summed E-state index contributed by atoms with van der Waals surface area (Å²) in [7, 11) is 1.38. The van der Waals surface area contributed by atoms with E-state index < -0.39 is 0 Å². The minimum absolute atomic E-state index is 0.222. The predicted octanol–water partition coefficient (Wildman–Crippen LogP) is 4.74. The molecule has 32 heavy (non-hydrogen) atoms. The third-order valence-electron chi connectivity index (χ3n) is 5.02. The number of fused-ring (bicyclic) bond motifs is 1. The monoisotopic (exact) mass is 445 g/mol. The van der Waals surface area contributed by atoms with Gasteiger partial charge in [0.15, 0.2) is 22.5 Å². The van der Waals surface area contributed by atoms with Crippen LogP contribution in [0.25, 0.3) is 17.1 Å². The van der Waals surface area contributed by atoms with Gasteiger partial charge in [-0.25, -0.2) is 4.79 Å². The van der Waals surface area contributed by atoms with Gasteiger partial charge in [0.25, 0.3) is 0 Å². The molecule has 4 aromatic rings. The minimum Gasteiger partial charge on any atom is -0.465 e. The van der Waals surface area contributed by atoms with Gasteiger partial charge in [-0.05, 0) is 48.0 Å². The van der Waals surface area contributed by atoms with Crippen molar-refractivity contribution in [2.45, 2.75) is 10.9 Å². The molecule has 0 atom stereocenters. The molecule has 0 saturated carbocycles. The molecule has 1 aliphatic rings. The lowest BCUT2D eigenvalue weighted by molar-refractivity contribution is 0.0600. The van der Waals surface area contributed by atoms with Crippen LogP contribution in [0.4, 0.5) is 0 Å². The molecular formula is C24H19N3O4S. The van der Waals surface area contributed by atoms with Crippen molar-refractivity contribution >= 4 is 17.7 Å². The van der Waals surface area contributed by atoms with Crippen LogP contribution in [-0.4, -0.2) is 34.6 Å². The van der Waals surface area contributed by atoms with Gasteiger partial charge in [-0.15, -0.1) is 10.2 Å². The van der Waals surface area contributed by atoms with Crippen LogP contribution < -0.4 is 9.47 Å². The van der Waals surface area contributed by atoms with Gasteiger partial charge in [-0.3, -0.25) is 4.57 Å². The van der Waals surface area contributed by atoms with Crippen molar-refractivity contribution < 1.29 is 19.0 Å². The van der Waals surface area contributed by atoms with Crippen molar-refractivity contribution in [1.29, 1.82) is 0 Å². The first-order valence-corrected chi connectivity index (χ1v) is 10.9. The molecule has 0 spiro atoms. The summed E-state index contributed by atoms with van der Waals surface area (Å²) in [6.07, 6.45) is 0. The van der Waals surface area contributed by atoms with Crippen LogP contribution in [0.3, 0.4) is 0 Å². The summed E-state index contributed by atoms with van der Waals surface area (Å²) in [5, 5.41) is 9.71. The maximum atomic E-state index is 11.6. The number of para-hydroxylation sites is 1. The average Bonchev–Trinajstić information content (AvgIpc) is 3.49. The fourth-order valence-corrected chi connectivity index (χ4v) is 4.31. The van der Waals surface area contributed by atoms with Gasteiger partial charge in [0.2, 0.25) is 6.79 Å². The Balaban J connectivity index is 1.46. The fourth-order valence-electron chi connectivity index (χ4n) is 3.40. The topological polar surface area (TPSA) is 75.5 Å². The summed E-state index contributed by atoms with van der Waals surface area (Å²) in [6.45, 7) is 0.222. The van der Waals surface area contributed by atoms with Crippen molar-refractivity contribution in [3.8, 4) is 28.6 Å². The molecule has 1 aromatic heterocycles. The lowest BCUT2D eigenvalue weighted by Gasteiger charge is -2.11. The van der Waals surface area contributed by atoms with Gasteiger partial charge in [0.1, 0.15) is 0 Å². The van der Waals surface area contributed by atoms with E-state index in [1.54, 1.807) is 23.9 Å². The summed E-state index contributed by atoms with van der Waals surface area (Å²) in [4.78, 5) is 11.6. The number of hydrogen-bond acceptors (Lipinski definition) is 7. The maximum absolute atomic E-state index is 11.6. The largest absolute Gasteiger partial charge is 0.465 e. The van der Waals surface area contributed by atoms with Crippen molar-refractivity contribution in [2.75, 3.05) is 13.9 Å². The summed E-state index contributed by atoms with van der Waals surface area (Å²) < 4.78 is 17.8. The zero-order valence-corrected chi connectivity index (χ0v) is 18.0. The Morgan fingerprint density at radius 2 is 1.78 bits per heavy atom. The number of rotatable bonds is 6. The molecule has 0 amide bonds. The molecular weight excluding hydrogens is 426 g/mol. The minimum atomic E-state index is -0.346. The third-order valence-corrected chi connectivity index (χ3v) is 6.02. The molecule has 0 bridgehead atoms. The highest BCUT2D eigenvalue weighted by molar-refractivity contribution is 7.98. The smallest absolute Gasteiger partial charge is 0.337 e. The van der Waals surface area contributed by atoms with Crippen LogP contribution in [0.15, 0.2) is 78.0 Å². The second-order valence-electron chi connectivity index (χ2n) is 7.02. The summed E-state index contributed by atoms with van der Waals surface area (Å²) in [5.74, 6) is 2.47. The first kappa shape index (κ1) is 20.1. The van der Waals surface area contributed by atoms with Crippen molar-refractivity contribution in [3.05, 3.63) is 83.9 Å². The van der Waals surface area contributed by atoms with E-state index in [9.17, 15) is 4.79 Å². The molecule has 2 heterocycles. The van der Waals surface area contributed by atoms with E-state index in [0.717, 1.165) is 33.5 Å². The van der Waals surface area contributed by atoms with Crippen LogP contribution in [-0.2, 0) is 10.5 Å². The Kier molecular flexibility index (Phi) is 5.51. The standard InChI is InChI=1S/C24H19N3O4S/c1-29-23(28)17-9-7-16(8-10-17)14-32-24-26-25-22(27(24)19-5-3-2-4-6-19)18-11-12-20-21(13-18)31-15-30-20/h2-13H,14-15H2,1H3.